The number of aryl methyl sites for hydroxylation is 1. The van der Waals surface area contributed by atoms with Gasteiger partial charge in [0.15, 0.2) is 0 Å². The van der Waals surface area contributed by atoms with Gasteiger partial charge >= 0.3 is 0 Å². The summed E-state index contributed by atoms with van der Waals surface area (Å²) in [4.78, 5) is 2.51. The number of aromatic nitrogens is 2. The predicted octanol–water partition coefficient (Wildman–Crippen LogP) is 1.20. The zero-order valence-corrected chi connectivity index (χ0v) is 10.8. The van der Waals surface area contributed by atoms with E-state index in [2.05, 4.69) is 16.2 Å². The zero-order valence-electron chi connectivity index (χ0n) is 10.8. The molecule has 1 aromatic rings. The fourth-order valence-corrected chi connectivity index (χ4v) is 2.72. The molecular formula is C13H23N3O. The summed E-state index contributed by atoms with van der Waals surface area (Å²) in [5.41, 5.74) is 1.30. The number of aliphatic hydroxyl groups excluding tert-OH is 1. The zero-order chi connectivity index (χ0) is 12.3. The third-order valence-electron chi connectivity index (χ3n) is 3.56. The van der Waals surface area contributed by atoms with E-state index in [1.807, 2.05) is 24.9 Å². The van der Waals surface area contributed by atoms with Crippen LogP contribution in [0.4, 0.5) is 0 Å². The first-order chi connectivity index (χ1) is 8.15. The first-order valence-corrected chi connectivity index (χ1v) is 6.55. The van der Waals surface area contributed by atoms with Crippen LogP contribution in [0, 0.1) is 0 Å². The first-order valence-electron chi connectivity index (χ1n) is 6.55. The molecule has 1 aromatic heterocycles. The molecule has 1 aliphatic rings. The second-order valence-corrected chi connectivity index (χ2v) is 5.19. The topological polar surface area (TPSA) is 41.3 Å². The molecule has 0 aliphatic carbocycles. The lowest BCUT2D eigenvalue weighted by atomic mass is 10.1. The molecule has 1 aliphatic heterocycles. The molecule has 0 amide bonds. The van der Waals surface area contributed by atoms with E-state index in [0.717, 1.165) is 19.4 Å². The summed E-state index contributed by atoms with van der Waals surface area (Å²) < 4.78 is 1.85. The molecule has 1 fully saturated rings. The van der Waals surface area contributed by atoms with Gasteiger partial charge in [-0.05, 0) is 44.7 Å². The molecule has 96 valence electrons. The van der Waals surface area contributed by atoms with Crippen molar-refractivity contribution >= 4 is 0 Å². The van der Waals surface area contributed by atoms with Crippen LogP contribution in [0.25, 0.3) is 0 Å². The Morgan fingerprint density at radius 1 is 1.59 bits per heavy atom. The van der Waals surface area contributed by atoms with Crippen molar-refractivity contribution < 1.29 is 5.11 Å². The summed E-state index contributed by atoms with van der Waals surface area (Å²) in [5, 5.41) is 13.7. The SMILES string of the molecule is CC(O)CC1CCCN1CCc1cnn(C)c1. The number of hydrogen-bond acceptors (Lipinski definition) is 3. The van der Waals surface area contributed by atoms with Gasteiger partial charge in [-0.2, -0.15) is 5.10 Å². The Balaban J connectivity index is 1.81. The molecule has 1 N–H and O–H groups in total. The molecule has 0 bridgehead atoms. The quantitative estimate of drug-likeness (QED) is 0.836. The summed E-state index contributed by atoms with van der Waals surface area (Å²) in [5.74, 6) is 0. The van der Waals surface area contributed by atoms with Gasteiger partial charge in [-0.15, -0.1) is 0 Å². The number of aliphatic hydroxyl groups is 1. The van der Waals surface area contributed by atoms with Gasteiger partial charge < -0.3 is 5.11 Å². The van der Waals surface area contributed by atoms with E-state index < -0.39 is 0 Å². The van der Waals surface area contributed by atoms with Crippen LogP contribution in [0.1, 0.15) is 31.7 Å². The van der Waals surface area contributed by atoms with Crippen LogP contribution < -0.4 is 0 Å². The minimum Gasteiger partial charge on any atom is -0.393 e. The Morgan fingerprint density at radius 2 is 2.41 bits per heavy atom. The average molecular weight is 237 g/mol. The van der Waals surface area contributed by atoms with Crippen molar-refractivity contribution in [3.63, 3.8) is 0 Å². The Kier molecular flexibility index (Phi) is 4.18. The minimum atomic E-state index is -0.181. The Hall–Kier alpha value is -0.870. The van der Waals surface area contributed by atoms with Gasteiger partial charge in [0.25, 0.3) is 0 Å². The van der Waals surface area contributed by atoms with E-state index in [1.54, 1.807) is 0 Å². The van der Waals surface area contributed by atoms with Crippen LogP contribution in [-0.2, 0) is 13.5 Å². The van der Waals surface area contributed by atoms with Gasteiger partial charge in [-0.25, -0.2) is 0 Å². The number of hydrogen-bond donors (Lipinski definition) is 1. The number of rotatable bonds is 5. The Bertz CT molecular complexity index is 348. The molecular weight excluding hydrogens is 214 g/mol. The van der Waals surface area contributed by atoms with Crippen LogP contribution in [-0.4, -0.2) is 45.0 Å². The monoisotopic (exact) mass is 237 g/mol. The van der Waals surface area contributed by atoms with Gasteiger partial charge in [-0.1, -0.05) is 0 Å². The highest BCUT2D eigenvalue weighted by Gasteiger charge is 2.24. The summed E-state index contributed by atoms with van der Waals surface area (Å²) in [7, 11) is 1.95. The summed E-state index contributed by atoms with van der Waals surface area (Å²) in [6, 6.07) is 0.576. The van der Waals surface area contributed by atoms with Crippen molar-refractivity contribution in [2.45, 2.75) is 44.8 Å². The lowest BCUT2D eigenvalue weighted by molar-refractivity contribution is 0.134. The Labute approximate surface area is 103 Å². The number of nitrogens with zero attached hydrogens (tertiary/aromatic N) is 3. The van der Waals surface area contributed by atoms with E-state index in [4.69, 9.17) is 0 Å². The van der Waals surface area contributed by atoms with E-state index in [9.17, 15) is 5.11 Å². The van der Waals surface area contributed by atoms with Gasteiger partial charge in [-0.3, -0.25) is 9.58 Å². The van der Waals surface area contributed by atoms with Crippen LogP contribution in [0.3, 0.4) is 0 Å². The molecule has 2 rings (SSSR count). The van der Waals surface area contributed by atoms with Crippen LogP contribution in [0.15, 0.2) is 12.4 Å². The van der Waals surface area contributed by atoms with Crippen molar-refractivity contribution in [3.8, 4) is 0 Å². The maximum absolute atomic E-state index is 9.48. The second kappa shape index (κ2) is 5.65. The van der Waals surface area contributed by atoms with Crippen LogP contribution >= 0.6 is 0 Å². The van der Waals surface area contributed by atoms with E-state index >= 15 is 0 Å². The smallest absolute Gasteiger partial charge is 0.0527 e. The van der Waals surface area contributed by atoms with Crippen molar-refractivity contribution in [2.75, 3.05) is 13.1 Å². The third kappa shape index (κ3) is 3.54. The lowest BCUT2D eigenvalue weighted by Crippen LogP contribution is -2.33. The summed E-state index contributed by atoms with van der Waals surface area (Å²) >= 11 is 0. The molecule has 4 heteroatoms. The molecule has 0 radical (unpaired) electrons. The Morgan fingerprint density at radius 3 is 3.06 bits per heavy atom. The molecule has 2 atom stereocenters. The van der Waals surface area contributed by atoms with Gasteiger partial charge in [0.05, 0.1) is 12.3 Å². The largest absolute Gasteiger partial charge is 0.393 e. The normalized spacial score (nSPS) is 23.1. The molecule has 1 saturated heterocycles. The summed E-state index contributed by atoms with van der Waals surface area (Å²) in [6.45, 7) is 4.15. The fourth-order valence-electron chi connectivity index (χ4n) is 2.72. The predicted molar refractivity (Wildman–Crippen MR) is 67.8 cm³/mol. The molecule has 2 unspecified atom stereocenters. The number of likely N-dealkylation sites (tertiary alicyclic amines) is 1. The molecule has 0 spiro atoms. The van der Waals surface area contributed by atoms with Gasteiger partial charge in [0, 0.05) is 25.8 Å². The highest BCUT2D eigenvalue weighted by atomic mass is 16.3. The van der Waals surface area contributed by atoms with E-state index in [1.165, 1.54) is 24.9 Å². The van der Waals surface area contributed by atoms with E-state index in [-0.39, 0.29) is 6.10 Å². The van der Waals surface area contributed by atoms with Crippen molar-refractivity contribution in [1.29, 1.82) is 0 Å². The average Bonchev–Trinajstić information content (AvgIpc) is 2.84. The molecule has 0 aromatic carbocycles. The maximum Gasteiger partial charge on any atom is 0.0527 e. The standard InChI is InChI=1S/C13H23N3O/c1-11(17)8-13-4-3-6-16(13)7-5-12-9-14-15(2)10-12/h9-11,13,17H,3-8H2,1-2H3. The van der Waals surface area contributed by atoms with Gasteiger partial charge in [0.1, 0.15) is 0 Å². The lowest BCUT2D eigenvalue weighted by Gasteiger charge is -2.25. The molecule has 0 saturated carbocycles. The molecule has 4 nitrogen and oxygen atoms in total. The van der Waals surface area contributed by atoms with Crippen molar-refractivity contribution in [1.82, 2.24) is 14.7 Å². The van der Waals surface area contributed by atoms with Crippen LogP contribution in [0.2, 0.25) is 0 Å². The highest BCUT2D eigenvalue weighted by Crippen LogP contribution is 2.21. The first kappa shape index (κ1) is 12.6. The minimum absolute atomic E-state index is 0.181. The maximum atomic E-state index is 9.48. The summed E-state index contributed by atoms with van der Waals surface area (Å²) in [6.07, 6.45) is 8.32. The van der Waals surface area contributed by atoms with Crippen molar-refractivity contribution in [3.05, 3.63) is 18.0 Å². The molecule has 2 heterocycles. The van der Waals surface area contributed by atoms with Crippen molar-refractivity contribution in [2.24, 2.45) is 7.05 Å². The van der Waals surface area contributed by atoms with Crippen LogP contribution in [0.5, 0.6) is 0 Å². The fraction of sp³-hybridized carbons (Fsp3) is 0.769. The molecule has 17 heavy (non-hydrogen) atoms. The van der Waals surface area contributed by atoms with E-state index in [0.29, 0.717) is 6.04 Å². The van der Waals surface area contributed by atoms with Gasteiger partial charge in [0.2, 0.25) is 0 Å². The second-order valence-electron chi connectivity index (χ2n) is 5.19. The third-order valence-corrected chi connectivity index (χ3v) is 3.56. The highest BCUT2D eigenvalue weighted by molar-refractivity contribution is 5.04.